The van der Waals surface area contributed by atoms with Gasteiger partial charge in [-0.1, -0.05) is 13.8 Å². The van der Waals surface area contributed by atoms with E-state index in [0.29, 0.717) is 0 Å². The lowest BCUT2D eigenvalue weighted by Gasteiger charge is -2.13. The van der Waals surface area contributed by atoms with Crippen LogP contribution in [-0.4, -0.2) is 26.3 Å². The average molecular weight is 245 g/mol. The standard InChI is InChI=1S/C13H19N5/c1-4-7-14-12-10(3)13(17-11(5-2)16-12)18-9-6-8-15-18/h6,8-9H,4-5,7H2,1-3H3,(H,14,16,17). The van der Waals surface area contributed by atoms with Crippen LogP contribution in [0.2, 0.25) is 0 Å². The molecule has 0 bridgehead atoms. The Balaban J connectivity index is 2.45. The Morgan fingerprint density at radius 3 is 2.72 bits per heavy atom. The molecule has 0 atom stereocenters. The van der Waals surface area contributed by atoms with Crippen LogP contribution in [-0.2, 0) is 6.42 Å². The second-order valence-corrected chi connectivity index (χ2v) is 4.17. The quantitative estimate of drug-likeness (QED) is 0.878. The molecule has 5 heteroatoms. The van der Waals surface area contributed by atoms with E-state index < -0.39 is 0 Å². The Labute approximate surface area is 107 Å². The predicted molar refractivity (Wildman–Crippen MR) is 72.0 cm³/mol. The van der Waals surface area contributed by atoms with Gasteiger partial charge in [-0.05, 0) is 19.4 Å². The van der Waals surface area contributed by atoms with Crippen LogP contribution in [0.4, 0.5) is 5.82 Å². The van der Waals surface area contributed by atoms with E-state index in [9.17, 15) is 0 Å². The van der Waals surface area contributed by atoms with Crippen LogP contribution in [0.5, 0.6) is 0 Å². The van der Waals surface area contributed by atoms with Crippen molar-refractivity contribution in [3.05, 3.63) is 29.8 Å². The Hall–Kier alpha value is -1.91. The summed E-state index contributed by atoms with van der Waals surface area (Å²) in [5, 5.41) is 7.59. The maximum atomic E-state index is 4.55. The molecule has 0 spiro atoms. The zero-order valence-corrected chi connectivity index (χ0v) is 11.1. The molecule has 0 aromatic carbocycles. The highest BCUT2D eigenvalue weighted by molar-refractivity contribution is 5.51. The normalized spacial score (nSPS) is 10.6. The van der Waals surface area contributed by atoms with E-state index in [1.165, 1.54) is 0 Å². The van der Waals surface area contributed by atoms with Crippen molar-refractivity contribution in [1.82, 2.24) is 19.7 Å². The molecule has 0 amide bonds. The molecule has 96 valence electrons. The summed E-state index contributed by atoms with van der Waals surface area (Å²) in [6.45, 7) is 7.13. The fourth-order valence-corrected chi connectivity index (χ4v) is 1.74. The Morgan fingerprint density at radius 2 is 2.11 bits per heavy atom. The van der Waals surface area contributed by atoms with Gasteiger partial charge >= 0.3 is 0 Å². The number of aryl methyl sites for hydroxylation is 1. The van der Waals surface area contributed by atoms with E-state index in [-0.39, 0.29) is 0 Å². The average Bonchev–Trinajstić information content (AvgIpc) is 2.91. The molecule has 1 N–H and O–H groups in total. The highest BCUT2D eigenvalue weighted by atomic mass is 15.3. The maximum Gasteiger partial charge on any atom is 0.162 e. The summed E-state index contributed by atoms with van der Waals surface area (Å²) in [4.78, 5) is 9.09. The molecule has 2 heterocycles. The Bertz CT molecular complexity index is 504. The summed E-state index contributed by atoms with van der Waals surface area (Å²) in [6, 6.07) is 1.90. The van der Waals surface area contributed by atoms with Crippen LogP contribution >= 0.6 is 0 Å². The van der Waals surface area contributed by atoms with Crippen LogP contribution < -0.4 is 5.32 Å². The molecule has 0 aliphatic carbocycles. The molecule has 2 aromatic rings. The van der Waals surface area contributed by atoms with Crippen LogP contribution in [0.3, 0.4) is 0 Å². The first-order valence-electron chi connectivity index (χ1n) is 6.37. The second-order valence-electron chi connectivity index (χ2n) is 4.17. The minimum Gasteiger partial charge on any atom is -0.370 e. The van der Waals surface area contributed by atoms with Gasteiger partial charge in [0.15, 0.2) is 5.82 Å². The summed E-state index contributed by atoms with van der Waals surface area (Å²) in [5.41, 5.74) is 1.03. The minimum absolute atomic E-state index is 0.815. The van der Waals surface area contributed by atoms with E-state index in [1.54, 1.807) is 10.9 Å². The zero-order valence-electron chi connectivity index (χ0n) is 11.1. The fourth-order valence-electron chi connectivity index (χ4n) is 1.74. The van der Waals surface area contributed by atoms with Gasteiger partial charge in [-0.3, -0.25) is 0 Å². The van der Waals surface area contributed by atoms with Crippen LogP contribution in [0, 0.1) is 6.92 Å². The molecule has 5 nitrogen and oxygen atoms in total. The van der Waals surface area contributed by atoms with E-state index in [1.807, 2.05) is 19.2 Å². The lowest BCUT2D eigenvalue weighted by atomic mass is 10.3. The summed E-state index contributed by atoms with van der Waals surface area (Å²) >= 11 is 0. The third kappa shape index (κ3) is 2.50. The van der Waals surface area contributed by atoms with Crippen LogP contribution in [0.1, 0.15) is 31.7 Å². The number of anilines is 1. The number of nitrogens with zero attached hydrogens (tertiary/aromatic N) is 4. The van der Waals surface area contributed by atoms with Gasteiger partial charge in [0.25, 0.3) is 0 Å². The lowest BCUT2D eigenvalue weighted by molar-refractivity contribution is 0.801. The van der Waals surface area contributed by atoms with Gasteiger partial charge in [-0.25, -0.2) is 14.6 Å². The minimum atomic E-state index is 0.815. The third-order valence-corrected chi connectivity index (χ3v) is 2.75. The first-order chi connectivity index (χ1) is 8.76. The SMILES string of the molecule is CCCNc1nc(CC)nc(-n2cccn2)c1C. The van der Waals surface area contributed by atoms with Gasteiger partial charge in [0.05, 0.1) is 0 Å². The molecular formula is C13H19N5. The topological polar surface area (TPSA) is 55.6 Å². The molecule has 0 saturated heterocycles. The lowest BCUT2D eigenvalue weighted by Crippen LogP contribution is -2.11. The highest BCUT2D eigenvalue weighted by Gasteiger charge is 2.11. The van der Waals surface area contributed by atoms with Crippen molar-refractivity contribution in [3.63, 3.8) is 0 Å². The first-order valence-corrected chi connectivity index (χ1v) is 6.37. The third-order valence-electron chi connectivity index (χ3n) is 2.75. The summed E-state index contributed by atoms with van der Waals surface area (Å²) < 4.78 is 1.79. The molecule has 0 radical (unpaired) electrons. The van der Waals surface area contributed by atoms with Gasteiger partial charge in [-0.15, -0.1) is 0 Å². The fraction of sp³-hybridized carbons (Fsp3) is 0.462. The molecule has 2 rings (SSSR count). The van der Waals surface area contributed by atoms with E-state index in [4.69, 9.17) is 0 Å². The van der Waals surface area contributed by atoms with E-state index in [0.717, 1.165) is 42.4 Å². The molecular weight excluding hydrogens is 226 g/mol. The van der Waals surface area contributed by atoms with Gasteiger partial charge in [0.1, 0.15) is 11.6 Å². The Kier molecular flexibility index (Phi) is 3.92. The van der Waals surface area contributed by atoms with Crippen LogP contribution in [0.15, 0.2) is 18.5 Å². The number of aromatic nitrogens is 4. The van der Waals surface area contributed by atoms with Gasteiger partial charge in [0, 0.05) is 30.9 Å². The zero-order chi connectivity index (χ0) is 13.0. The largest absolute Gasteiger partial charge is 0.370 e. The molecule has 0 aliphatic heterocycles. The molecule has 2 aromatic heterocycles. The molecule has 0 unspecified atom stereocenters. The molecule has 0 saturated carbocycles. The summed E-state index contributed by atoms with van der Waals surface area (Å²) in [6.07, 6.45) is 5.54. The maximum absolute atomic E-state index is 4.55. The molecule has 0 fully saturated rings. The van der Waals surface area contributed by atoms with Crippen LogP contribution in [0.25, 0.3) is 5.82 Å². The van der Waals surface area contributed by atoms with Gasteiger partial charge < -0.3 is 5.32 Å². The van der Waals surface area contributed by atoms with Gasteiger partial charge in [-0.2, -0.15) is 5.10 Å². The Morgan fingerprint density at radius 1 is 1.28 bits per heavy atom. The van der Waals surface area contributed by atoms with Gasteiger partial charge in [0.2, 0.25) is 0 Å². The molecule has 0 aliphatic rings. The monoisotopic (exact) mass is 245 g/mol. The number of nitrogens with one attached hydrogen (secondary N) is 1. The number of hydrogen-bond acceptors (Lipinski definition) is 4. The predicted octanol–water partition coefficient (Wildman–Crippen LogP) is 2.36. The summed E-state index contributed by atoms with van der Waals surface area (Å²) in [7, 11) is 0. The van der Waals surface area contributed by atoms with Crippen molar-refractivity contribution < 1.29 is 0 Å². The highest BCUT2D eigenvalue weighted by Crippen LogP contribution is 2.18. The van der Waals surface area contributed by atoms with E-state index in [2.05, 4.69) is 34.2 Å². The van der Waals surface area contributed by atoms with Crippen molar-refractivity contribution in [2.24, 2.45) is 0 Å². The van der Waals surface area contributed by atoms with Crippen molar-refractivity contribution in [1.29, 1.82) is 0 Å². The van der Waals surface area contributed by atoms with Crippen molar-refractivity contribution in [2.75, 3.05) is 11.9 Å². The first kappa shape index (κ1) is 12.5. The van der Waals surface area contributed by atoms with Crippen molar-refractivity contribution in [3.8, 4) is 5.82 Å². The van der Waals surface area contributed by atoms with Crippen molar-refractivity contribution in [2.45, 2.75) is 33.6 Å². The van der Waals surface area contributed by atoms with Crippen molar-refractivity contribution >= 4 is 5.82 Å². The smallest absolute Gasteiger partial charge is 0.162 e. The second kappa shape index (κ2) is 5.62. The summed E-state index contributed by atoms with van der Waals surface area (Å²) in [5.74, 6) is 2.60. The number of hydrogen-bond donors (Lipinski definition) is 1. The number of rotatable bonds is 5. The van der Waals surface area contributed by atoms with E-state index >= 15 is 0 Å². The molecule has 18 heavy (non-hydrogen) atoms.